The Hall–Kier alpha value is -3.16. The van der Waals surface area contributed by atoms with E-state index in [2.05, 4.69) is 10.6 Å². The number of likely N-dealkylation sites (tertiary alicyclic amines) is 1. The topological polar surface area (TPSA) is 98.7 Å². The lowest BCUT2D eigenvalue weighted by Crippen LogP contribution is -2.51. The van der Waals surface area contributed by atoms with Crippen LogP contribution in [-0.4, -0.2) is 53.5 Å². The third kappa shape index (κ3) is 5.15. The molecule has 4 rings (SSSR count). The number of fused-ring (bicyclic) bond motifs is 1. The molecule has 2 aromatic carbocycles. The summed E-state index contributed by atoms with van der Waals surface area (Å²) in [6, 6.07) is 13.4. The molecule has 0 spiro atoms. The summed E-state index contributed by atoms with van der Waals surface area (Å²) in [5.74, 6) is -2.84. The molecule has 37 heavy (non-hydrogen) atoms. The highest BCUT2D eigenvalue weighted by Gasteiger charge is 2.58. The molecule has 3 N–H and O–H groups in total. The molecule has 6 atom stereocenters. The van der Waals surface area contributed by atoms with Crippen LogP contribution in [0.25, 0.3) is 0 Å². The number of rotatable bonds is 8. The average molecular weight is 524 g/mol. The summed E-state index contributed by atoms with van der Waals surface area (Å²) in [6.07, 6.45) is 4.94. The molecule has 0 radical (unpaired) electrons. The van der Waals surface area contributed by atoms with Crippen molar-refractivity contribution < 1.29 is 19.5 Å². The van der Waals surface area contributed by atoms with E-state index in [4.69, 9.17) is 11.6 Å². The molecule has 1 fully saturated rings. The molecule has 0 unspecified atom stereocenters. The Morgan fingerprint density at radius 3 is 2.43 bits per heavy atom. The van der Waals surface area contributed by atoms with E-state index in [1.54, 1.807) is 19.2 Å². The van der Waals surface area contributed by atoms with Crippen molar-refractivity contribution in [3.63, 3.8) is 0 Å². The van der Waals surface area contributed by atoms with Crippen LogP contribution in [0.1, 0.15) is 24.5 Å². The number of aliphatic hydroxyl groups excluding tert-OH is 1. The van der Waals surface area contributed by atoms with E-state index in [-0.39, 0.29) is 30.2 Å². The van der Waals surface area contributed by atoms with Crippen LogP contribution in [0.3, 0.4) is 0 Å². The zero-order valence-corrected chi connectivity index (χ0v) is 22.1. The first kappa shape index (κ1) is 26.9. The number of benzene rings is 2. The maximum absolute atomic E-state index is 14.1. The number of nitrogens with zero attached hydrogens (tertiary/aromatic N) is 1. The zero-order chi connectivity index (χ0) is 26.7. The number of aryl methyl sites for hydroxylation is 1. The van der Waals surface area contributed by atoms with Crippen LogP contribution in [0, 0.1) is 30.6 Å². The number of hydrogen-bond acceptors (Lipinski definition) is 4. The number of carbonyl (C=O) groups excluding carboxylic acids is 3. The van der Waals surface area contributed by atoms with Crippen molar-refractivity contribution in [3.8, 4) is 0 Å². The van der Waals surface area contributed by atoms with E-state index < -0.39 is 29.8 Å². The highest BCUT2D eigenvalue weighted by molar-refractivity contribution is 6.34. The Morgan fingerprint density at radius 1 is 1.08 bits per heavy atom. The van der Waals surface area contributed by atoms with Gasteiger partial charge in [-0.15, -0.1) is 0 Å². The molecular weight excluding hydrogens is 490 g/mol. The van der Waals surface area contributed by atoms with Crippen LogP contribution < -0.4 is 10.6 Å². The highest BCUT2D eigenvalue weighted by Crippen LogP contribution is 2.46. The van der Waals surface area contributed by atoms with Crippen molar-refractivity contribution in [2.24, 2.45) is 23.7 Å². The van der Waals surface area contributed by atoms with Crippen LogP contribution in [0.5, 0.6) is 0 Å². The molecule has 1 aliphatic heterocycles. The number of anilines is 1. The standard InChI is InChI=1S/C29H34ClN3O4/c1-4-19-13-14-21-24(23(19)27(35)31-3)29(37)33(20(16-34)15-18-10-6-5-7-11-18)26(21)28(36)32-25-17(2)9-8-12-22(25)30/h5-14,19-21,23-24,26,34H,4,15-16H2,1-3H3,(H,31,35)(H,32,36)/t19-,20-,21+,23-,24-,26+/m1/s1. The Kier molecular flexibility index (Phi) is 8.35. The van der Waals surface area contributed by atoms with Gasteiger partial charge in [0.1, 0.15) is 6.04 Å². The van der Waals surface area contributed by atoms with Crippen molar-refractivity contribution in [2.45, 2.75) is 38.8 Å². The first-order valence-electron chi connectivity index (χ1n) is 12.7. The van der Waals surface area contributed by atoms with Gasteiger partial charge in [0, 0.05) is 13.0 Å². The number of para-hydroxylation sites is 1. The third-order valence-electron chi connectivity index (χ3n) is 7.72. The van der Waals surface area contributed by atoms with Gasteiger partial charge in [-0.3, -0.25) is 14.4 Å². The van der Waals surface area contributed by atoms with E-state index in [1.807, 2.05) is 62.4 Å². The van der Waals surface area contributed by atoms with Crippen LogP contribution in [0.2, 0.25) is 5.02 Å². The van der Waals surface area contributed by atoms with Gasteiger partial charge in [-0.05, 0) is 42.9 Å². The molecule has 0 bridgehead atoms. The maximum Gasteiger partial charge on any atom is 0.247 e. The average Bonchev–Trinajstić information content (AvgIpc) is 3.21. The predicted molar refractivity (Wildman–Crippen MR) is 144 cm³/mol. The second-order valence-corrected chi connectivity index (χ2v) is 10.2. The van der Waals surface area contributed by atoms with Crippen LogP contribution in [-0.2, 0) is 20.8 Å². The summed E-state index contributed by atoms with van der Waals surface area (Å²) in [4.78, 5) is 42.6. The fourth-order valence-electron chi connectivity index (χ4n) is 5.88. The monoisotopic (exact) mass is 523 g/mol. The lowest BCUT2D eigenvalue weighted by Gasteiger charge is -2.34. The maximum atomic E-state index is 14.1. The molecule has 196 valence electrons. The molecule has 3 amide bonds. The number of carbonyl (C=O) groups is 3. The largest absolute Gasteiger partial charge is 0.394 e. The summed E-state index contributed by atoms with van der Waals surface area (Å²) >= 11 is 6.40. The smallest absolute Gasteiger partial charge is 0.247 e. The van der Waals surface area contributed by atoms with E-state index in [9.17, 15) is 19.5 Å². The predicted octanol–water partition coefficient (Wildman–Crippen LogP) is 3.59. The zero-order valence-electron chi connectivity index (χ0n) is 21.4. The van der Waals surface area contributed by atoms with Crippen LogP contribution in [0.15, 0.2) is 60.7 Å². The quantitative estimate of drug-likeness (QED) is 0.460. The van der Waals surface area contributed by atoms with E-state index in [0.717, 1.165) is 11.1 Å². The van der Waals surface area contributed by atoms with Gasteiger partial charge in [0.25, 0.3) is 0 Å². The van der Waals surface area contributed by atoms with Crippen LogP contribution >= 0.6 is 11.6 Å². The molecule has 0 aromatic heterocycles. The Bertz CT molecular complexity index is 1160. The molecule has 7 nitrogen and oxygen atoms in total. The van der Waals surface area contributed by atoms with Gasteiger partial charge in [0.05, 0.1) is 35.2 Å². The third-order valence-corrected chi connectivity index (χ3v) is 8.04. The number of halogens is 1. The lowest BCUT2D eigenvalue weighted by molar-refractivity contribution is -0.142. The van der Waals surface area contributed by atoms with Crippen molar-refractivity contribution in [1.82, 2.24) is 10.2 Å². The van der Waals surface area contributed by atoms with Gasteiger partial charge < -0.3 is 20.6 Å². The molecule has 1 aliphatic carbocycles. The number of aliphatic hydroxyl groups is 1. The van der Waals surface area contributed by atoms with Crippen molar-refractivity contribution in [3.05, 3.63) is 76.8 Å². The summed E-state index contributed by atoms with van der Waals surface area (Å²) in [5, 5.41) is 16.5. The van der Waals surface area contributed by atoms with Crippen molar-refractivity contribution in [1.29, 1.82) is 0 Å². The highest BCUT2D eigenvalue weighted by atomic mass is 35.5. The van der Waals surface area contributed by atoms with E-state index in [1.165, 1.54) is 4.90 Å². The van der Waals surface area contributed by atoms with Crippen molar-refractivity contribution >= 4 is 35.0 Å². The Morgan fingerprint density at radius 2 is 1.81 bits per heavy atom. The molecule has 8 heteroatoms. The minimum absolute atomic E-state index is 0.124. The van der Waals surface area contributed by atoms with E-state index in [0.29, 0.717) is 23.6 Å². The van der Waals surface area contributed by atoms with Crippen LogP contribution in [0.4, 0.5) is 5.69 Å². The SMILES string of the molecule is CC[C@@H]1C=C[C@H]2[C@@H](C(=O)N([C@@H](CO)Cc3ccccc3)[C@@H]2C(=O)Nc2c(C)cccc2Cl)[C@@H]1C(=O)NC. The number of amides is 3. The fraction of sp³-hybridized carbons (Fsp3) is 0.414. The van der Waals surface area contributed by atoms with E-state index >= 15 is 0 Å². The van der Waals surface area contributed by atoms with Gasteiger partial charge in [-0.25, -0.2) is 0 Å². The minimum Gasteiger partial charge on any atom is -0.394 e. The number of nitrogens with one attached hydrogen (secondary N) is 2. The molecule has 0 saturated carbocycles. The Balaban J connectivity index is 1.77. The van der Waals surface area contributed by atoms with Gasteiger partial charge in [0.15, 0.2) is 0 Å². The first-order chi connectivity index (χ1) is 17.8. The number of allylic oxidation sites excluding steroid dienone is 1. The second-order valence-electron chi connectivity index (χ2n) is 9.84. The lowest BCUT2D eigenvalue weighted by atomic mass is 9.69. The first-order valence-corrected chi connectivity index (χ1v) is 13.1. The number of hydrogen-bond donors (Lipinski definition) is 3. The van der Waals surface area contributed by atoms with Gasteiger partial charge in [0.2, 0.25) is 17.7 Å². The normalized spacial score (nSPS) is 25.5. The molecule has 2 aliphatic rings. The Labute approximate surface area is 222 Å². The molecule has 1 heterocycles. The van der Waals surface area contributed by atoms with Gasteiger partial charge >= 0.3 is 0 Å². The molecule has 1 saturated heterocycles. The van der Waals surface area contributed by atoms with Gasteiger partial charge in [-0.1, -0.05) is 73.1 Å². The van der Waals surface area contributed by atoms with Gasteiger partial charge in [-0.2, -0.15) is 0 Å². The summed E-state index contributed by atoms with van der Waals surface area (Å²) in [7, 11) is 1.57. The van der Waals surface area contributed by atoms with Crippen molar-refractivity contribution in [2.75, 3.05) is 19.0 Å². The minimum atomic E-state index is -0.907. The molecular formula is C29H34ClN3O4. The summed E-state index contributed by atoms with van der Waals surface area (Å²) in [5.41, 5.74) is 2.22. The summed E-state index contributed by atoms with van der Waals surface area (Å²) in [6.45, 7) is 3.51. The molecule has 2 aromatic rings. The second kappa shape index (κ2) is 11.5. The summed E-state index contributed by atoms with van der Waals surface area (Å²) < 4.78 is 0. The fourth-order valence-corrected chi connectivity index (χ4v) is 6.15.